The van der Waals surface area contributed by atoms with Crippen molar-refractivity contribution in [1.82, 2.24) is 0 Å². The molecule has 0 N–H and O–H groups in total. The highest BCUT2D eigenvalue weighted by Crippen LogP contribution is 2.02. The second-order valence-electron chi connectivity index (χ2n) is 2.33. The van der Waals surface area contributed by atoms with Gasteiger partial charge >= 0.3 is 0 Å². The summed E-state index contributed by atoms with van der Waals surface area (Å²) in [7, 11) is 1.68. The van der Waals surface area contributed by atoms with Gasteiger partial charge in [-0.3, -0.25) is 4.79 Å². The van der Waals surface area contributed by atoms with E-state index in [1.165, 1.54) is 0 Å². The number of Topliss-reactive ketones (excluding diaryl/α,β-unsaturated/α-hetero) is 1. The lowest BCUT2D eigenvalue weighted by atomic mass is 10.3. The molecule has 0 fully saturated rings. The third kappa shape index (κ3) is 7.88. The Labute approximate surface area is 72.7 Å². The van der Waals surface area contributed by atoms with Crippen LogP contribution in [0.15, 0.2) is 0 Å². The van der Waals surface area contributed by atoms with Crippen LogP contribution >= 0.6 is 11.8 Å². The zero-order valence-corrected chi connectivity index (χ0v) is 8.08. The van der Waals surface area contributed by atoms with Crippen molar-refractivity contribution in [3.8, 4) is 0 Å². The fourth-order valence-corrected chi connectivity index (χ4v) is 1.48. The Bertz CT molecular complexity index is 104. The van der Waals surface area contributed by atoms with E-state index in [4.69, 9.17) is 4.74 Å². The number of thioether (sulfide) groups is 1. The van der Waals surface area contributed by atoms with Crippen molar-refractivity contribution in [2.75, 3.05) is 25.2 Å². The maximum absolute atomic E-state index is 10.9. The topological polar surface area (TPSA) is 26.3 Å². The zero-order valence-electron chi connectivity index (χ0n) is 7.26. The molecule has 0 amide bonds. The number of methoxy groups -OCH3 is 1. The molecule has 11 heavy (non-hydrogen) atoms. The summed E-state index contributed by atoms with van der Waals surface area (Å²) in [6, 6.07) is 0. The van der Waals surface area contributed by atoms with E-state index in [1.54, 1.807) is 18.9 Å². The molecule has 0 aromatic heterocycles. The van der Waals surface area contributed by atoms with E-state index in [0.717, 1.165) is 25.2 Å². The van der Waals surface area contributed by atoms with Crippen LogP contribution in [0.25, 0.3) is 0 Å². The summed E-state index contributed by atoms with van der Waals surface area (Å²) in [5.41, 5.74) is 0. The first-order valence-electron chi connectivity index (χ1n) is 3.89. The minimum atomic E-state index is 0.355. The summed E-state index contributed by atoms with van der Waals surface area (Å²) < 4.78 is 4.85. The highest BCUT2D eigenvalue weighted by molar-refractivity contribution is 7.99. The largest absolute Gasteiger partial charge is 0.384 e. The fourth-order valence-electron chi connectivity index (χ4n) is 0.679. The van der Waals surface area contributed by atoms with Crippen LogP contribution < -0.4 is 0 Å². The summed E-state index contributed by atoms with van der Waals surface area (Å²) in [6.45, 7) is 2.77. The van der Waals surface area contributed by atoms with Crippen molar-refractivity contribution >= 4 is 17.5 Å². The van der Waals surface area contributed by atoms with E-state index in [9.17, 15) is 4.79 Å². The van der Waals surface area contributed by atoms with Gasteiger partial charge in [0.1, 0.15) is 5.78 Å². The molecular weight excluding hydrogens is 160 g/mol. The summed E-state index contributed by atoms with van der Waals surface area (Å²) in [5, 5.41) is 0. The van der Waals surface area contributed by atoms with E-state index in [0.29, 0.717) is 11.5 Å². The van der Waals surface area contributed by atoms with Crippen LogP contribution in [0.5, 0.6) is 0 Å². The quantitative estimate of drug-likeness (QED) is 0.553. The lowest BCUT2D eigenvalue weighted by molar-refractivity contribution is -0.116. The van der Waals surface area contributed by atoms with Gasteiger partial charge in [0.05, 0.1) is 12.4 Å². The average molecular weight is 176 g/mol. The van der Waals surface area contributed by atoms with E-state index in [2.05, 4.69) is 0 Å². The van der Waals surface area contributed by atoms with Gasteiger partial charge in [0.25, 0.3) is 0 Å². The van der Waals surface area contributed by atoms with Crippen LogP contribution in [-0.2, 0) is 9.53 Å². The first kappa shape index (κ1) is 11.0. The van der Waals surface area contributed by atoms with Gasteiger partial charge < -0.3 is 4.74 Å². The SMILES string of the molecule is CCCC(=O)CSCCOC. The van der Waals surface area contributed by atoms with E-state index in [1.807, 2.05) is 6.92 Å². The van der Waals surface area contributed by atoms with Crippen LogP contribution in [-0.4, -0.2) is 31.0 Å². The summed E-state index contributed by atoms with van der Waals surface area (Å²) in [4.78, 5) is 10.9. The molecule has 0 heterocycles. The Kier molecular flexibility index (Phi) is 8.07. The molecule has 0 bridgehead atoms. The Hall–Kier alpha value is -0.0200. The molecule has 0 saturated heterocycles. The molecule has 0 atom stereocenters. The minimum Gasteiger partial charge on any atom is -0.384 e. The molecule has 0 aliphatic carbocycles. The van der Waals surface area contributed by atoms with Crippen LogP contribution in [0.4, 0.5) is 0 Å². The van der Waals surface area contributed by atoms with Gasteiger partial charge in [0.2, 0.25) is 0 Å². The monoisotopic (exact) mass is 176 g/mol. The van der Waals surface area contributed by atoms with Crippen molar-refractivity contribution in [1.29, 1.82) is 0 Å². The fraction of sp³-hybridized carbons (Fsp3) is 0.875. The highest BCUT2D eigenvalue weighted by Gasteiger charge is 1.98. The number of carbonyl (C=O) groups excluding carboxylic acids is 1. The molecule has 0 aromatic rings. The smallest absolute Gasteiger partial charge is 0.142 e. The predicted octanol–water partition coefficient (Wildman–Crippen LogP) is 1.74. The van der Waals surface area contributed by atoms with Gasteiger partial charge in [0, 0.05) is 19.3 Å². The molecule has 0 saturated carbocycles. The molecule has 2 nitrogen and oxygen atoms in total. The van der Waals surface area contributed by atoms with E-state index >= 15 is 0 Å². The second-order valence-corrected chi connectivity index (χ2v) is 3.44. The van der Waals surface area contributed by atoms with Crippen LogP contribution in [0.3, 0.4) is 0 Å². The Morgan fingerprint density at radius 3 is 2.82 bits per heavy atom. The highest BCUT2D eigenvalue weighted by atomic mass is 32.2. The third-order valence-corrected chi connectivity index (χ3v) is 2.21. The predicted molar refractivity (Wildman–Crippen MR) is 49.1 cm³/mol. The maximum atomic E-state index is 10.9. The van der Waals surface area contributed by atoms with Gasteiger partial charge in [-0.1, -0.05) is 6.92 Å². The molecule has 66 valence electrons. The van der Waals surface area contributed by atoms with Gasteiger partial charge in [-0.05, 0) is 6.42 Å². The average Bonchev–Trinajstić information content (AvgIpc) is 1.99. The van der Waals surface area contributed by atoms with Crippen molar-refractivity contribution < 1.29 is 9.53 Å². The van der Waals surface area contributed by atoms with E-state index < -0.39 is 0 Å². The Morgan fingerprint density at radius 2 is 2.27 bits per heavy atom. The van der Waals surface area contributed by atoms with Crippen LogP contribution in [0.1, 0.15) is 19.8 Å². The van der Waals surface area contributed by atoms with Crippen molar-refractivity contribution in [3.63, 3.8) is 0 Å². The number of hydrogen-bond donors (Lipinski definition) is 0. The summed E-state index contributed by atoms with van der Waals surface area (Å²) in [6.07, 6.45) is 1.68. The molecule has 0 aliphatic rings. The number of ether oxygens (including phenoxy) is 1. The summed E-state index contributed by atoms with van der Waals surface area (Å²) >= 11 is 1.65. The maximum Gasteiger partial charge on any atom is 0.142 e. The second kappa shape index (κ2) is 8.08. The third-order valence-electron chi connectivity index (χ3n) is 1.22. The summed E-state index contributed by atoms with van der Waals surface area (Å²) in [5.74, 6) is 1.93. The van der Waals surface area contributed by atoms with Crippen molar-refractivity contribution in [3.05, 3.63) is 0 Å². The molecule has 0 rings (SSSR count). The minimum absolute atomic E-state index is 0.355. The van der Waals surface area contributed by atoms with Gasteiger partial charge in [-0.15, -0.1) is 0 Å². The van der Waals surface area contributed by atoms with Gasteiger partial charge in [-0.25, -0.2) is 0 Å². The molecular formula is C8H16O2S. The van der Waals surface area contributed by atoms with Gasteiger partial charge in [0.15, 0.2) is 0 Å². The van der Waals surface area contributed by atoms with Crippen LogP contribution in [0, 0.1) is 0 Å². The van der Waals surface area contributed by atoms with Gasteiger partial charge in [-0.2, -0.15) is 11.8 Å². The Morgan fingerprint density at radius 1 is 1.55 bits per heavy atom. The first-order chi connectivity index (χ1) is 5.31. The molecule has 0 radical (unpaired) electrons. The molecule has 0 unspecified atom stereocenters. The van der Waals surface area contributed by atoms with E-state index in [-0.39, 0.29) is 0 Å². The number of ketones is 1. The number of hydrogen-bond acceptors (Lipinski definition) is 3. The Balaban J connectivity index is 3.04. The zero-order chi connectivity index (χ0) is 8.53. The number of carbonyl (C=O) groups is 1. The van der Waals surface area contributed by atoms with Crippen molar-refractivity contribution in [2.45, 2.75) is 19.8 Å². The first-order valence-corrected chi connectivity index (χ1v) is 5.05. The molecule has 0 aliphatic heterocycles. The lowest BCUT2D eigenvalue weighted by Gasteiger charge is -1.98. The molecule has 0 spiro atoms. The number of rotatable bonds is 7. The molecule has 0 aromatic carbocycles. The van der Waals surface area contributed by atoms with Crippen LogP contribution in [0.2, 0.25) is 0 Å². The molecule has 3 heteroatoms. The van der Waals surface area contributed by atoms with Crippen molar-refractivity contribution in [2.24, 2.45) is 0 Å². The standard InChI is InChI=1S/C8H16O2S/c1-3-4-8(9)7-11-6-5-10-2/h3-7H2,1-2H3. The normalized spacial score (nSPS) is 10.0. The lowest BCUT2D eigenvalue weighted by Crippen LogP contribution is -2.02.